The Bertz CT molecular complexity index is 72.1. The number of hydroxylamine groups is 3. The van der Waals surface area contributed by atoms with Crippen molar-refractivity contribution in [3.05, 3.63) is 5.21 Å². The fraction of sp³-hybridized carbons (Fsp3) is 1.00. The van der Waals surface area contributed by atoms with Crippen LogP contribution in [0.3, 0.4) is 0 Å². The van der Waals surface area contributed by atoms with Gasteiger partial charge in [0.25, 0.3) is 0 Å². The van der Waals surface area contributed by atoms with Gasteiger partial charge in [0.15, 0.2) is 0 Å². The number of nitrogens with zero attached hydrogens (tertiary/aromatic N) is 1. The summed E-state index contributed by atoms with van der Waals surface area (Å²) in [5.74, 6) is 0.503. The molecule has 0 saturated carbocycles. The smallest absolute Gasteiger partial charge is 0.129 e. The fourth-order valence-corrected chi connectivity index (χ4v) is 0.797. The van der Waals surface area contributed by atoms with Crippen molar-refractivity contribution in [1.29, 1.82) is 0 Å². The predicted octanol–water partition coefficient (Wildman–Crippen LogP) is 0.553. The molecule has 0 spiro atoms. The molecular weight excluding hydrogens is 114 g/mol. The normalized spacial score (nSPS) is 24.9. The first kappa shape index (κ1) is 5.35. The highest BCUT2D eigenvalue weighted by molar-refractivity contribution is 6.17. The van der Waals surface area contributed by atoms with Crippen LogP contribution in [0.2, 0.25) is 0 Å². The van der Waals surface area contributed by atoms with E-state index in [-0.39, 0.29) is 4.65 Å². The van der Waals surface area contributed by atoms with Crippen molar-refractivity contribution in [2.75, 3.05) is 25.5 Å². The summed E-state index contributed by atoms with van der Waals surface area (Å²) in [6.45, 7) is 2.17. The first-order valence-electron chi connectivity index (χ1n) is 2.40. The summed E-state index contributed by atoms with van der Waals surface area (Å²) in [6, 6.07) is 0. The molecule has 1 rings (SSSR count). The van der Waals surface area contributed by atoms with E-state index >= 15 is 0 Å². The molecule has 0 aliphatic carbocycles. The minimum atomic E-state index is -0.0382. The monoisotopic (exact) mass is 121 g/mol. The lowest BCUT2D eigenvalue weighted by molar-refractivity contribution is -0.740. The Kier molecular flexibility index (Phi) is 1.24. The molecule has 1 aliphatic rings. The van der Waals surface area contributed by atoms with E-state index in [4.69, 9.17) is 11.6 Å². The lowest BCUT2D eigenvalue weighted by Gasteiger charge is -2.18. The van der Waals surface area contributed by atoms with Crippen LogP contribution in [0.1, 0.15) is 0 Å². The summed E-state index contributed by atoms with van der Waals surface area (Å²) in [6.07, 6.45) is 0. The van der Waals surface area contributed by atoms with Gasteiger partial charge in [-0.05, 0) is 0 Å². The molecule has 0 aromatic carbocycles. The number of hydrogen-bond acceptors (Lipinski definition) is 1. The first-order valence-corrected chi connectivity index (χ1v) is 2.93. The highest BCUT2D eigenvalue weighted by Crippen LogP contribution is 2.16. The minimum Gasteiger partial charge on any atom is -0.632 e. The molecule has 0 unspecified atom stereocenters. The zero-order chi connectivity index (χ0) is 5.33. The highest BCUT2D eigenvalue weighted by Gasteiger charge is 2.30. The van der Waals surface area contributed by atoms with Crippen LogP contribution in [0.5, 0.6) is 0 Å². The topological polar surface area (TPSA) is 23.1 Å². The average Bonchev–Trinajstić information content (AvgIpc) is 2.22. The van der Waals surface area contributed by atoms with Gasteiger partial charge in [-0.15, -0.1) is 11.6 Å². The van der Waals surface area contributed by atoms with E-state index in [2.05, 4.69) is 0 Å². The SMILES string of the molecule is [O-][N+]1(CCCl)CC1. The number of quaternary nitrogens is 1. The van der Waals surface area contributed by atoms with E-state index < -0.39 is 0 Å². The van der Waals surface area contributed by atoms with Crippen LogP contribution in [0.25, 0.3) is 0 Å². The van der Waals surface area contributed by atoms with Gasteiger partial charge in [0.1, 0.15) is 13.1 Å². The largest absolute Gasteiger partial charge is 0.632 e. The molecule has 0 amide bonds. The quantitative estimate of drug-likeness (QED) is 0.227. The molecule has 1 saturated heterocycles. The molecule has 0 aromatic heterocycles. The average molecular weight is 122 g/mol. The third-order valence-corrected chi connectivity index (χ3v) is 1.38. The number of rotatable bonds is 2. The van der Waals surface area contributed by atoms with Gasteiger partial charge in [-0.2, -0.15) is 0 Å². The second kappa shape index (κ2) is 1.62. The van der Waals surface area contributed by atoms with Gasteiger partial charge in [0, 0.05) is 0 Å². The van der Waals surface area contributed by atoms with Gasteiger partial charge in [-0.3, -0.25) is 0 Å². The van der Waals surface area contributed by atoms with Gasteiger partial charge in [-0.1, -0.05) is 0 Å². The van der Waals surface area contributed by atoms with Crippen molar-refractivity contribution in [3.63, 3.8) is 0 Å². The lowest BCUT2D eigenvalue weighted by Crippen LogP contribution is -2.19. The van der Waals surface area contributed by atoms with Gasteiger partial charge in [-0.25, -0.2) is 0 Å². The van der Waals surface area contributed by atoms with Crippen molar-refractivity contribution in [2.24, 2.45) is 0 Å². The lowest BCUT2D eigenvalue weighted by atomic mass is 10.7. The molecule has 0 N–H and O–H groups in total. The Morgan fingerprint density at radius 1 is 1.57 bits per heavy atom. The third-order valence-electron chi connectivity index (χ3n) is 1.21. The van der Waals surface area contributed by atoms with Gasteiger partial charge in [0.2, 0.25) is 0 Å². The van der Waals surface area contributed by atoms with Crippen LogP contribution in [0.4, 0.5) is 0 Å². The van der Waals surface area contributed by atoms with Crippen LogP contribution in [-0.2, 0) is 0 Å². The van der Waals surface area contributed by atoms with Gasteiger partial charge >= 0.3 is 0 Å². The van der Waals surface area contributed by atoms with Crippen molar-refractivity contribution >= 4 is 11.6 Å². The summed E-state index contributed by atoms with van der Waals surface area (Å²) in [5.41, 5.74) is 0. The molecule has 1 fully saturated rings. The number of halogens is 1. The minimum absolute atomic E-state index is 0.0382. The van der Waals surface area contributed by atoms with Crippen molar-refractivity contribution < 1.29 is 4.65 Å². The van der Waals surface area contributed by atoms with Crippen LogP contribution in [-0.4, -0.2) is 30.2 Å². The summed E-state index contributed by atoms with van der Waals surface area (Å²) in [7, 11) is 0. The van der Waals surface area contributed by atoms with Crippen molar-refractivity contribution in [2.45, 2.75) is 0 Å². The Hall–Kier alpha value is 0.210. The van der Waals surface area contributed by atoms with Crippen LogP contribution < -0.4 is 0 Å². The summed E-state index contributed by atoms with van der Waals surface area (Å²) >= 11 is 5.31. The number of hydrogen-bond donors (Lipinski definition) is 0. The Morgan fingerprint density at radius 2 is 2.14 bits per heavy atom. The molecule has 1 aliphatic heterocycles. The van der Waals surface area contributed by atoms with E-state index in [0.29, 0.717) is 12.4 Å². The molecule has 42 valence electrons. The van der Waals surface area contributed by atoms with E-state index in [1.165, 1.54) is 0 Å². The molecule has 0 atom stereocenters. The fourth-order valence-electron chi connectivity index (χ4n) is 0.489. The molecule has 0 bridgehead atoms. The maximum atomic E-state index is 10.7. The molecule has 3 heteroatoms. The molecule has 2 nitrogen and oxygen atoms in total. The molecule has 1 heterocycles. The molecule has 7 heavy (non-hydrogen) atoms. The van der Waals surface area contributed by atoms with E-state index in [1.54, 1.807) is 0 Å². The van der Waals surface area contributed by atoms with Crippen molar-refractivity contribution in [1.82, 2.24) is 0 Å². The van der Waals surface area contributed by atoms with E-state index in [0.717, 1.165) is 13.1 Å². The standard InChI is InChI=1S/C4H8ClNO/c5-1-2-6(7)3-4-6/h1-4H2. The molecular formula is C4H8ClNO. The maximum absolute atomic E-state index is 10.7. The Labute approximate surface area is 47.8 Å². The second-order valence-corrected chi connectivity index (χ2v) is 2.30. The van der Waals surface area contributed by atoms with Gasteiger partial charge in [0.05, 0.1) is 12.4 Å². The predicted molar refractivity (Wildman–Crippen MR) is 28.9 cm³/mol. The maximum Gasteiger partial charge on any atom is 0.129 e. The summed E-state index contributed by atoms with van der Waals surface area (Å²) < 4.78 is -0.0382. The second-order valence-electron chi connectivity index (χ2n) is 1.92. The van der Waals surface area contributed by atoms with Crippen molar-refractivity contribution in [3.8, 4) is 0 Å². The zero-order valence-electron chi connectivity index (χ0n) is 4.06. The third kappa shape index (κ3) is 1.30. The first-order chi connectivity index (χ1) is 3.27. The number of alkyl halides is 1. The summed E-state index contributed by atoms with van der Waals surface area (Å²) in [5, 5.41) is 10.7. The highest BCUT2D eigenvalue weighted by atomic mass is 35.5. The van der Waals surface area contributed by atoms with Crippen LogP contribution in [0.15, 0.2) is 0 Å². The van der Waals surface area contributed by atoms with Gasteiger partial charge < -0.3 is 9.85 Å². The Balaban J connectivity index is 2.13. The van der Waals surface area contributed by atoms with E-state index in [9.17, 15) is 5.21 Å². The van der Waals surface area contributed by atoms with E-state index in [1.807, 2.05) is 0 Å². The zero-order valence-corrected chi connectivity index (χ0v) is 4.82. The summed E-state index contributed by atoms with van der Waals surface area (Å²) in [4.78, 5) is 0. The molecule has 0 aromatic rings. The molecule has 0 radical (unpaired) electrons. The van der Waals surface area contributed by atoms with Crippen LogP contribution >= 0.6 is 11.6 Å². The van der Waals surface area contributed by atoms with Crippen LogP contribution in [0, 0.1) is 5.21 Å². The Morgan fingerprint density at radius 3 is 2.29 bits per heavy atom.